The highest BCUT2D eigenvalue weighted by molar-refractivity contribution is 6.29. The molecule has 3 nitrogen and oxygen atoms in total. The standard InChI is InChI=1S/C10H16ClN3/c1-12-5-6-14(2)8-9-3-4-13-10(11)7-9/h3-4,7,12H,5-6,8H2,1-2H3. The van der Waals surface area contributed by atoms with E-state index in [0.29, 0.717) is 5.15 Å². The van der Waals surface area contributed by atoms with E-state index in [9.17, 15) is 0 Å². The molecular weight excluding hydrogens is 198 g/mol. The molecule has 4 heteroatoms. The van der Waals surface area contributed by atoms with E-state index in [0.717, 1.165) is 19.6 Å². The van der Waals surface area contributed by atoms with Crippen molar-refractivity contribution in [1.29, 1.82) is 0 Å². The Labute approximate surface area is 90.1 Å². The summed E-state index contributed by atoms with van der Waals surface area (Å²) in [7, 11) is 4.04. The van der Waals surface area contributed by atoms with Gasteiger partial charge >= 0.3 is 0 Å². The highest BCUT2D eigenvalue weighted by Crippen LogP contribution is 2.08. The van der Waals surface area contributed by atoms with Crippen molar-refractivity contribution in [2.24, 2.45) is 0 Å². The Morgan fingerprint density at radius 2 is 2.36 bits per heavy atom. The van der Waals surface area contributed by atoms with Gasteiger partial charge in [-0.15, -0.1) is 0 Å². The minimum absolute atomic E-state index is 0.560. The molecule has 0 unspecified atom stereocenters. The Hall–Kier alpha value is -0.640. The Kier molecular flexibility index (Phi) is 4.87. The van der Waals surface area contributed by atoms with Gasteiger partial charge in [-0.3, -0.25) is 0 Å². The van der Waals surface area contributed by atoms with E-state index in [4.69, 9.17) is 11.6 Å². The van der Waals surface area contributed by atoms with Gasteiger partial charge in [-0.2, -0.15) is 0 Å². The molecular formula is C10H16ClN3. The van der Waals surface area contributed by atoms with Crippen LogP contribution in [-0.4, -0.2) is 37.1 Å². The Morgan fingerprint density at radius 3 is 3.00 bits per heavy atom. The highest BCUT2D eigenvalue weighted by Gasteiger charge is 2.00. The van der Waals surface area contributed by atoms with Crippen molar-refractivity contribution in [3.63, 3.8) is 0 Å². The zero-order valence-corrected chi connectivity index (χ0v) is 9.38. The summed E-state index contributed by atoms with van der Waals surface area (Å²) < 4.78 is 0. The summed E-state index contributed by atoms with van der Waals surface area (Å²) in [6.07, 6.45) is 1.74. The first-order chi connectivity index (χ1) is 6.72. The quantitative estimate of drug-likeness (QED) is 0.750. The molecule has 0 bridgehead atoms. The Bertz CT molecular complexity index is 278. The van der Waals surface area contributed by atoms with Crippen LogP contribution in [0.5, 0.6) is 0 Å². The lowest BCUT2D eigenvalue weighted by Gasteiger charge is -2.16. The SMILES string of the molecule is CNCCN(C)Cc1ccnc(Cl)c1. The average Bonchev–Trinajstić information content (AvgIpc) is 2.15. The molecule has 0 atom stereocenters. The van der Waals surface area contributed by atoms with Crippen molar-refractivity contribution < 1.29 is 0 Å². The molecule has 0 aliphatic rings. The molecule has 0 amide bonds. The minimum Gasteiger partial charge on any atom is -0.318 e. The van der Waals surface area contributed by atoms with E-state index in [1.165, 1.54) is 5.56 Å². The van der Waals surface area contributed by atoms with Gasteiger partial charge in [-0.1, -0.05) is 11.6 Å². The van der Waals surface area contributed by atoms with Gasteiger partial charge in [0, 0.05) is 25.8 Å². The van der Waals surface area contributed by atoms with E-state index in [1.54, 1.807) is 6.20 Å². The zero-order valence-electron chi connectivity index (χ0n) is 8.63. The van der Waals surface area contributed by atoms with Crippen LogP contribution in [-0.2, 0) is 6.54 Å². The number of likely N-dealkylation sites (N-methyl/N-ethyl adjacent to an activating group) is 2. The fraction of sp³-hybridized carbons (Fsp3) is 0.500. The number of aromatic nitrogens is 1. The molecule has 0 radical (unpaired) electrons. The van der Waals surface area contributed by atoms with Crippen LogP contribution in [0, 0.1) is 0 Å². The van der Waals surface area contributed by atoms with E-state index in [1.807, 2.05) is 19.2 Å². The van der Waals surface area contributed by atoms with Crippen molar-refractivity contribution in [3.05, 3.63) is 29.0 Å². The number of pyridine rings is 1. The van der Waals surface area contributed by atoms with Gasteiger partial charge in [0.05, 0.1) is 0 Å². The molecule has 1 heterocycles. The third-order valence-electron chi connectivity index (χ3n) is 1.99. The van der Waals surface area contributed by atoms with Crippen molar-refractivity contribution in [1.82, 2.24) is 15.2 Å². The second-order valence-electron chi connectivity index (χ2n) is 3.33. The van der Waals surface area contributed by atoms with E-state index in [2.05, 4.69) is 22.2 Å². The van der Waals surface area contributed by atoms with Gasteiger partial charge in [0.1, 0.15) is 5.15 Å². The molecule has 0 saturated carbocycles. The van der Waals surface area contributed by atoms with Gasteiger partial charge < -0.3 is 10.2 Å². The smallest absolute Gasteiger partial charge is 0.129 e. The third kappa shape index (κ3) is 4.05. The monoisotopic (exact) mass is 213 g/mol. The second-order valence-corrected chi connectivity index (χ2v) is 3.72. The van der Waals surface area contributed by atoms with Crippen molar-refractivity contribution in [3.8, 4) is 0 Å². The molecule has 1 aromatic rings. The number of hydrogen-bond acceptors (Lipinski definition) is 3. The van der Waals surface area contributed by atoms with Crippen LogP contribution in [0.25, 0.3) is 0 Å². The van der Waals surface area contributed by atoms with Gasteiger partial charge in [0.25, 0.3) is 0 Å². The highest BCUT2D eigenvalue weighted by atomic mass is 35.5. The lowest BCUT2D eigenvalue weighted by atomic mass is 10.2. The van der Waals surface area contributed by atoms with Crippen molar-refractivity contribution >= 4 is 11.6 Å². The third-order valence-corrected chi connectivity index (χ3v) is 2.19. The normalized spacial score (nSPS) is 10.9. The predicted molar refractivity (Wildman–Crippen MR) is 59.5 cm³/mol. The van der Waals surface area contributed by atoms with Crippen LogP contribution in [0.4, 0.5) is 0 Å². The lowest BCUT2D eigenvalue weighted by Crippen LogP contribution is -2.26. The average molecular weight is 214 g/mol. The topological polar surface area (TPSA) is 28.2 Å². The van der Waals surface area contributed by atoms with Crippen LogP contribution in [0.2, 0.25) is 5.15 Å². The molecule has 14 heavy (non-hydrogen) atoms. The Morgan fingerprint density at radius 1 is 1.57 bits per heavy atom. The van der Waals surface area contributed by atoms with Crippen molar-refractivity contribution in [2.75, 3.05) is 27.2 Å². The largest absolute Gasteiger partial charge is 0.318 e. The summed E-state index contributed by atoms with van der Waals surface area (Å²) in [6.45, 7) is 2.93. The summed E-state index contributed by atoms with van der Waals surface area (Å²) in [5.74, 6) is 0. The van der Waals surface area contributed by atoms with Crippen LogP contribution < -0.4 is 5.32 Å². The number of nitrogens with one attached hydrogen (secondary N) is 1. The van der Waals surface area contributed by atoms with E-state index >= 15 is 0 Å². The first-order valence-electron chi connectivity index (χ1n) is 4.66. The maximum atomic E-state index is 5.79. The van der Waals surface area contributed by atoms with Crippen LogP contribution >= 0.6 is 11.6 Å². The molecule has 1 rings (SSSR count). The number of hydrogen-bond donors (Lipinski definition) is 1. The fourth-order valence-electron chi connectivity index (χ4n) is 1.23. The molecule has 0 aliphatic carbocycles. The summed E-state index contributed by atoms with van der Waals surface area (Å²) >= 11 is 5.79. The zero-order chi connectivity index (χ0) is 10.4. The van der Waals surface area contributed by atoms with Crippen molar-refractivity contribution in [2.45, 2.75) is 6.54 Å². The predicted octanol–water partition coefficient (Wildman–Crippen LogP) is 1.39. The molecule has 78 valence electrons. The minimum atomic E-state index is 0.560. The first kappa shape index (κ1) is 11.4. The number of halogens is 1. The van der Waals surface area contributed by atoms with Crippen LogP contribution in [0.3, 0.4) is 0 Å². The fourth-order valence-corrected chi connectivity index (χ4v) is 1.43. The lowest BCUT2D eigenvalue weighted by molar-refractivity contribution is 0.328. The van der Waals surface area contributed by atoms with Crippen LogP contribution in [0.15, 0.2) is 18.3 Å². The molecule has 1 aromatic heterocycles. The molecule has 0 saturated heterocycles. The summed E-state index contributed by atoms with van der Waals surface area (Å²) in [4.78, 5) is 6.18. The summed E-state index contributed by atoms with van der Waals surface area (Å²) in [5, 5.41) is 3.68. The maximum Gasteiger partial charge on any atom is 0.129 e. The van der Waals surface area contributed by atoms with Gasteiger partial charge in [0.2, 0.25) is 0 Å². The first-order valence-corrected chi connectivity index (χ1v) is 5.03. The van der Waals surface area contributed by atoms with E-state index < -0.39 is 0 Å². The number of rotatable bonds is 5. The van der Waals surface area contributed by atoms with Gasteiger partial charge in [-0.05, 0) is 31.8 Å². The molecule has 0 spiro atoms. The molecule has 0 aromatic carbocycles. The summed E-state index contributed by atoms with van der Waals surface area (Å²) in [5.41, 5.74) is 1.20. The Balaban J connectivity index is 2.43. The second kappa shape index (κ2) is 5.96. The maximum absolute atomic E-state index is 5.79. The molecule has 1 N–H and O–H groups in total. The van der Waals surface area contributed by atoms with Gasteiger partial charge in [0.15, 0.2) is 0 Å². The van der Waals surface area contributed by atoms with Crippen LogP contribution in [0.1, 0.15) is 5.56 Å². The number of nitrogens with zero attached hydrogens (tertiary/aromatic N) is 2. The molecule has 0 fully saturated rings. The molecule has 0 aliphatic heterocycles. The summed E-state index contributed by atoms with van der Waals surface area (Å²) in [6, 6.07) is 3.89. The van der Waals surface area contributed by atoms with Gasteiger partial charge in [-0.25, -0.2) is 4.98 Å². The van der Waals surface area contributed by atoms with E-state index in [-0.39, 0.29) is 0 Å².